The van der Waals surface area contributed by atoms with Gasteiger partial charge in [-0.2, -0.15) is 5.10 Å². The van der Waals surface area contributed by atoms with Crippen molar-refractivity contribution in [2.24, 2.45) is 11.5 Å². The number of fused-ring (bicyclic) bond motifs is 1. The zero-order chi connectivity index (χ0) is 25.7. The van der Waals surface area contributed by atoms with Gasteiger partial charge in [0.25, 0.3) is 5.91 Å². The largest absolute Gasteiger partial charge is 0.383 e. The van der Waals surface area contributed by atoms with E-state index in [9.17, 15) is 9.18 Å². The lowest BCUT2D eigenvalue weighted by Crippen LogP contribution is -2.38. The van der Waals surface area contributed by atoms with E-state index in [0.717, 1.165) is 35.6 Å². The summed E-state index contributed by atoms with van der Waals surface area (Å²) < 4.78 is 21.9. The minimum absolute atomic E-state index is 0.00990. The highest BCUT2D eigenvalue weighted by molar-refractivity contribution is 5.99. The minimum Gasteiger partial charge on any atom is -0.383 e. The molecular formula is C24H35FN8O2. The molecule has 0 bridgehead atoms. The number of halogens is 1. The molecule has 35 heavy (non-hydrogen) atoms. The maximum atomic E-state index is 14.8. The number of amides is 1. The molecule has 10 nitrogen and oxygen atoms in total. The van der Waals surface area contributed by atoms with Crippen molar-refractivity contribution in [1.29, 1.82) is 0 Å². The maximum absolute atomic E-state index is 14.8. The van der Waals surface area contributed by atoms with Gasteiger partial charge in [0, 0.05) is 44.4 Å². The molecular weight excluding hydrogens is 451 g/mol. The van der Waals surface area contributed by atoms with Crippen molar-refractivity contribution in [3.8, 4) is 0 Å². The van der Waals surface area contributed by atoms with Crippen LogP contribution in [0.15, 0.2) is 24.3 Å². The molecule has 1 aromatic carbocycles. The average Bonchev–Trinajstić information content (AvgIpc) is 3.17. The van der Waals surface area contributed by atoms with E-state index < -0.39 is 11.7 Å². The second-order valence-electron chi connectivity index (χ2n) is 8.77. The van der Waals surface area contributed by atoms with Crippen molar-refractivity contribution in [3.63, 3.8) is 0 Å². The number of ether oxygens (including phenoxy) is 1. The molecule has 0 unspecified atom stereocenters. The summed E-state index contributed by atoms with van der Waals surface area (Å²) in [4.78, 5) is 18.4. The van der Waals surface area contributed by atoms with Crippen molar-refractivity contribution < 1.29 is 13.9 Å². The Kier molecular flexibility index (Phi) is 8.47. The van der Waals surface area contributed by atoms with E-state index in [1.807, 2.05) is 55.7 Å². The lowest BCUT2D eigenvalue weighted by atomic mass is 10.1. The zero-order valence-electron chi connectivity index (χ0n) is 20.9. The van der Waals surface area contributed by atoms with Crippen molar-refractivity contribution in [2.45, 2.75) is 45.3 Å². The van der Waals surface area contributed by atoms with E-state index in [1.165, 1.54) is 0 Å². The number of hydrogen-bond donors (Lipinski definition) is 4. The first-order valence-corrected chi connectivity index (χ1v) is 11.6. The molecule has 0 saturated carbocycles. The van der Waals surface area contributed by atoms with Crippen LogP contribution in [0.4, 0.5) is 27.5 Å². The van der Waals surface area contributed by atoms with Gasteiger partial charge >= 0.3 is 0 Å². The second-order valence-corrected chi connectivity index (χ2v) is 8.77. The van der Waals surface area contributed by atoms with E-state index >= 15 is 0 Å². The first kappa shape index (κ1) is 26.2. The Morgan fingerprint density at radius 3 is 2.63 bits per heavy atom. The monoisotopic (exact) mass is 486 g/mol. The van der Waals surface area contributed by atoms with Gasteiger partial charge in [-0.1, -0.05) is 13.3 Å². The number of aromatic nitrogens is 3. The molecule has 0 spiro atoms. The highest BCUT2D eigenvalue weighted by Gasteiger charge is 2.21. The van der Waals surface area contributed by atoms with Crippen molar-refractivity contribution in [2.75, 3.05) is 43.3 Å². The molecule has 0 radical (unpaired) electrons. The van der Waals surface area contributed by atoms with Crippen LogP contribution < -0.4 is 27.0 Å². The SMILES string of the molecule is CCC[C@@H](Nc1nc(Nc2ccc3c(c2)c(N(C)C)nn3CCOC)c(C(N)=O)cc1F)[C@H](C)N. The summed E-state index contributed by atoms with van der Waals surface area (Å²) in [6.07, 6.45) is 1.62. The Bertz CT molecular complexity index is 1180. The first-order valence-electron chi connectivity index (χ1n) is 11.6. The molecule has 0 aliphatic carbocycles. The fraction of sp³-hybridized carbons (Fsp3) is 0.458. The normalized spacial score (nSPS) is 13.0. The minimum atomic E-state index is -0.787. The number of nitrogens with one attached hydrogen (secondary N) is 2. The van der Waals surface area contributed by atoms with Crippen LogP contribution in [0.1, 0.15) is 37.0 Å². The molecule has 3 aromatic rings. The van der Waals surface area contributed by atoms with Crippen molar-refractivity contribution >= 4 is 40.0 Å². The topological polar surface area (TPSA) is 136 Å². The molecule has 0 aliphatic rings. The number of methoxy groups -OCH3 is 1. The Balaban J connectivity index is 2.02. The van der Waals surface area contributed by atoms with Gasteiger partial charge in [-0.25, -0.2) is 9.37 Å². The number of carbonyl (C=O) groups is 1. The van der Waals surface area contributed by atoms with E-state index in [0.29, 0.717) is 18.8 Å². The lowest BCUT2D eigenvalue weighted by molar-refractivity contribution is 0.100. The molecule has 0 aliphatic heterocycles. The predicted molar refractivity (Wildman–Crippen MR) is 138 cm³/mol. The summed E-state index contributed by atoms with van der Waals surface area (Å²) in [5.74, 6) is -0.515. The van der Waals surface area contributed by atoms with Crippen LogP contribution in [-0.4, -0.2) is 60.6 Å². The van der Waals surface area contributed by atoms with Gasteiger partial charge in [-0.05, 0) is 37.6 Å². The summed E-state index contributed by atoms with van der Waals surface area (Å²) in [5.41, 5.74) is 13.1. The Hall–Kier alpha value is -3.44. The smallest absolute Gasteiger partial charge is 0.252 e. The van der Waals surface area contributed by atoms with E-state index in [4.69, 9.17) is 16.2 Å². The summed E-state index contributed by atoms with van der Waals surface area (Å²) in [7, 11) is 5.48. The lowest BCUT2D eigenvalue weighted by Gasteiger charge is -2.23. The van der Waals surface area contributed by atoms with Crippen LogP contribution >= 0.6 is 0 Å². The maximum Gasteiger partial charge on any atom is 0.252 e. The number of nitrogens with two attached hydrogens (primary N) is 2. The van der Waals surface area contributed by atoms with E-state index in [1.54, 1.807) is 7.11 Å². The number of anilines is 4. The standard InChI is InChI=1S/C24H35FN8O2/c1-6-7-19(14(2)26)29-23-18(25)13-17(21(27)34)22(30-23)28-15-8-9-20-16(12-15)24(32(3)4)31-33(20)10-11-35-5/h8-9,12-14,19H,6-7,10-11,26H2,1-5H3,(H2,27,34)(H2,28,29,30)/t14-,19+/m0/s1. The third kappa shape index (κ3) is 5.98. The second kappa shape index (κ2) is 11.3. The predicted octanol–water partition coefficient (Wildman–Crippen LogP) is 3.05. The Morgan fingerprint density at radius 1 is 1.29 bits per heavy atom. The summed E-state index contributed by atoms with van der Waals surface area (Å²) in [6, 6.07) is 6.38. The molecule has 2 atom stereocenters. The number of hydrogen-bond acceptors (Lipinski definition) is 8. The van der Waals surface area contributed by atoms with Crippen molar-refractivity contribution in [3.05, 3.63) is 35.6 Å². The fourth-order valence-corrected chi connectivity index (χ4v) is 3.88. The third-order valence-corrected chi connectivity index (χ3v) is 5.72. The molecule has 1 amide bonds. The average molecular weight is 487 g/mol. The van der Waals surface area contributed by atoms with Gasteiger partial charge in [0.05, 0.1) is 24.2 Å². The first-order chi connectivity index (χ1) is 16.7. The van der Waals surface area contributed by atoms with Gasteiger partial charge in [0.15, 0.2) is 17.5 Å². The van der Waals surface area contributed by atoms with Crippen LogP contribution in [0.2, 0.25) is 0 Å². The number of primary amides is 1. The number of carbonyl (C=O) groups excluding carboxylic acids is 1. The van der Waals surface area contributed by atoms with Gasteiger partial charge < -0.3 is 31.7 Å². The zero-order valence-corrected chi connectivity index (χ0v) is 20.9. The van der Waals surface area contributed by atoms with Gasteiger partial charge in [-0.3, -0.25) is 9.48 Å². The number of nitrogens with zero attached hydrogens (tertiary/aromatic N) is 4. The molecule has 11 heteroatoms. The molecule has 2 aromatic heterocycles. The van der Waals surface area contributed by atoms with Crippen LogP contribution in [0.25, 0.3) is 10.9 Å². The molecule has 3 rings (SSSR count). The Morgan fingerprint density at radius 2 is 2.03 bits per heavy atom. The van der Waals surface area contributed by atoms with Crippen LogP contribution in [0.5, 0.6) is 0 Å². The summed E-state index contributed by atoms with van der Waals surface area (Å²) in [5, 5.41) is 11.8. The highest BCUT2D eigenvalue weighted by atomic mass is 19.1. The molecule has 0 saturated heterocycles. The number of rotatable bonds is 12. The van der Waals surface area contributed by atoms with Gasteiger partial charge in [-0.15, -0.1) is 0 Å². The third-order valence-electron chi connectivity index (χ3n) is 5.72. The summed E-state index contributed by atoms with van der Waals surface area (Å²) in [6.45, 7) is 5.01. The number of pyridine rings is 1. The highest BCUT2D eigenvalue weighted by Crippen LogP contribution is 2.30. The van der Waals surface area contributed by atoms with Crippen LogP contribution in [0, 0.1) is 5.82 Å². The van der Waals surface area contributed by atoms with Gasteiger partial charge in [0.1, 0.15) is 5.82 Å². The molecule has 0 fully saturated rings. The van der Waals surface area contributed by atoms with Crippen LogP contribution in [-0.2, 0) is 11.3 Å². The molecule has 2 heterocycles. The number of benzene rings is 1. The quantitative estimate of drug-likeness (QED) is 0.307. The van der Waals surface area contributed by atoms with Crippen LogP contribution in [0.3, 0.4) is 0 Å². The van der Waals surface area contributed by atoms with Gasteiger partial charge in [0.2, 0.25) is 0 Å². The molecule has 6 N–H and O–H groups in total. The van der Waals surface area contributed by atoms with Crippen molar-refractivity contribution in [1.82, 2.24) is 14.8 Å². The molecule has 190 valence electrons. The Labute approximate surface area is 204 Å². The van der Waals surface area contributed by atoms with E-state index in [2.05, 4.69) is 20.7 Å². The fourth-order valence-electron chi connectivity index (χ4n) is 3.88. The summed E-state index contributed by atoms with van der Waals surface area (Å²) >= 11 is 0. The van der Waals surface area contributed by atoms with E-state index in [-0.39, 0.29) is 29.3 Å².